The fourth-order valence-corrected chi connectivity index (χ4v) is 3.01. The fraction of sp³-hybridized carbons (Fsp3) is 0.353. The number of fused-ring (bicyclic) bond motifs is 1. The van der Waals surface area contributed by atoms with Crippen molar-refractivity contribution in [3.63, 3.8) is 0 Å². The maximum atomic E-state index is 12.5. The molecule has 2 heterocycles. The number of hydrogen-bond donors (Lipinski definition) is 4. The zero-order valence-electron chi connectivity index (χ0n) is 14.8. The average Bonchev–Trinajstić information content (AvgIpc) is 2.91. The number of anilines is 1. The molecular weight excluding hydrogens is 372 g/mol. The minimum Gasteiger partial charge on any atom is -0.480 e. The van der Waals surface area contributed by atoms with Crippen LogP contribution in [0.15, 0.2) is 18.2 Å². The first-order valence-electron chi connectivity index (χ1n) is 8.37. The van der Waals surface area contributed by atoms with Gasteiger partial charge in [-0.15, -0.1) is 0 Å². The van der Waals surface area contributed by atoms with E-state index in [2.05, 4.69) is 5.73 Å². The first-order chi connectivity index (χ1) is 13.2. The molecule has 1 fully saturated rings. The molecule has 2 aliphatic rings. The second-order valence-electron chi connectivity index (χ2n) is 6.01. The van der Waals surface area contributed by atoms with Crippen LogP contribution < -0.4 is 11.5 Å². The Morgan fingerprint density at radius 3 is 2.36 bits per heavy atom. The lowest BCUT2D eigenvalue weighted by Gasteiger charge is -2.34. The third-order valence-electron chi connectivity index (χ3n) is 4.27. The van der Waals surface area contributed by atoms with E-state index in [0.717, 1.165) is 9.80 Å². The number of nitrogens with two attached hydrogens (primary N) is 2. The predicted octanol–water partition coefficient (Wildman–Crippen LogP) is -1.60. The lowest BCUT2D eigenvalue weighted by atomic mass is 10.0. The highest BCUT2D eigenvalue weighted by atomic mass is 16.4. The van der Waals surface area contributed by atoms with Crippen molar-refractivity contribution in [1.29, 1.82) is 0 Å². The van der Waals surface area contributed by atoms with Gasteiger partial charge in [0.2, 0.25) is 5.91 Å². The van der Waals surface area contributed by atoms with Gasteiger partial charge in [-0.25, -0.2) is 0 Å². The molecule has 28 heavy (non-hydrogen) atoms. The Bertz CT molecular complexity index is 839. The lowest BCUT2D eigenvalue weighted by Crippen LogP contribution is -2.56. The topological polar surface area (TPSA) is 184 Å². The number of piperidine rings is 1. The van der Waals surface area contributed by atoms with Crippen molar-refractivity contribution >= 4 is 35.3 Å². The molecule has 0 radical (unpaired) electrons. The van der Waals surface area contributed by atoms with Crippen molar-refractivity contribution in [3.05, 3.63) is 29.3 Å². The molecule has 0 saturated carbocycles. The molecular formula is C17H20N4O7. The van der Waals surface area contributed by atoms with Gasteiger partial charge in [-0.3, -0.25) is 33.8 Å². The van der Waals surface area contributed by atoms with Crippen molar-refractivity contribution < 1.29 is 34.2 Å². The number of nitrogens with zero attached hydrogens (tertiary/aromatic N) is 2. The van der Waals surface area contributed by atoms with Gasteiger partial charge in [-0.05, 0) is 18.6 Å². The number of benzene rings is 1. The molecule has 1 aromatic carbocycles. The quantitative estimate of drug-likeness (QED) is 0.346. The Morgan fingerprint density at radius 1 is 1.18 bits per heavy atom. The summed E-state index contributed by atoms with van der Waals surface area (Å²) in [4.78, 5) is 60.3. The highest BCUT2D eigenvalue weighted by Gasteiger charge is 2.47. The monoisotopic (exact) mass is 392 g/mol. The van der Waals surface area contributed by atoms with E-state index in [4.69, 9.17) is 15.9 Å². The molecule has 1 aromatic rings. The highest BCUT2D eigenvalue weighted by Crippen LogP contribution is 2.31. The van der Waals surface area contributed by atoms with Crippen LogP contribution >= 0.6 is 0 Å². The molecule has 0 spiro atoms. The normalized spacial score (nSPS) is 18.7. The molecule has 150 valence electrons. The second kappa shape index (κ2) is 8.59. The number of nitrogen functional groups attached to an aromatic ring is 1. The van der Waals surface area contributed by atoms with E-state index in [1.165, 1.54) is 12.1 Å². The number of aliphatic hydroxyl groups excluding tert-OH is 1. The van der Waals surface area contributed by atoms with Crippen molar-refractivity contribution in [3.8, 4) is 0 Å². The molecule has 2 aliphatic heterocycles. The number of carboxylic acids is 1. The molecule has 0 aromatic heterocycles. The van der Waals surface area contributed by atoms with Crippen LogP contribution in [0.3, 0.4) is 0 Å². The minimum atomic E-state index is -1.05. The minimum absolute atomic E-state index is 0.0271. The highest BCUT2D eigenvalue weighted by molar-refractivity contribution is 6.25. The molecule has 11 heteroatoms. The number of imide groups is 2. The number of carbonyl (C=O) groups is 5. The molecule has 0 aliphatic carbocycles. The summed E-state index contributed by atoms with van der Waals surface area (Å²) in [7, 11) is 0. The van der Waals surface area contributed by atoms with Gasteiger partial charge < -0.3 is 21.7 Å². The van der Waals surface area contributed by atoms with Gasteiger partial charge >= 0.3 is 5.97 Å². The Morgan fingerprint density at radius 2 is 1.82 bits per heavy atom. The SMILES string of the molecule is NCC(=O)O.Nc1cccc2c1C(=O)N(C1CCC(=O)N(CCO)C1=O)C2=O. The average molecular weight is 392 g/mol. The Balaban J connectivity index is 0.000000500. The summed E-state index contributed by atoms with van der Waals surface area (Å²) in [6.45, 7) is -0.807. The summed E-state index contributed by atoms with van der Waals surface area (Å²) in [6.07, 6.45) is 0.101. The van der Waals surface area contributed by atoms with Crippen LogP contribution in [0, 0.1) is 0 Å². The standard InChI is InChI=1S/C15H15N3O5.C2H5NO2/c16-9-3-1-2-8-12(9)15(23)18(13(8)21)10-4-5-11(20)17(6-7-19)14(10)22;3-1-2(4)5/h1-3,10,19H,4-7,16H2;1,3H2,(H,4,5). The van der Waals surface area contributed by atoms with Gasteiger partial charge in [-0.1, -0.05) is 6.07 Å². The van der Waals surface area contributed by atoms with E-state index < -0.39 is 35.6 Å². The summed E-state index contributed by atoms with van der Waals surface area (Å²) in [5.41, 5.74) is 10.8. The third kappa shape index (κ3) is 3.85. The summed E-state index contributed by atoms with van der Waals surface area (Å²) in [5.74, 6) is -3.25. The molecule has 4 amide bonds. The smallest absolute Gasteiger partial charge is 0.317 e. The van der Waals surface area contributed by atoms with E-state index in [0.29, 0.717) is 0 Å². The third-order valence-corrected chi connectivity index (χ3v) is 4.27. The van der Waals surface area contributed by atoms with Gasteiger partial charge in [0.1, 0.15) is 6.04 Å². The van der Waals surface area contributed by atoms with Crippen LogP contribution in [0.4, 0.5) is 5.69 Å². The van der Waals surface area contributed by atoms with E-state index in [9.17, 15) is 24.0 Å². The van der Waals surface area contributed by atoms with Crippen LogP contribution in [-0.4, -0.2) is 75.3 Å². The molecule has 6 N–H and O–H groups in total. The van der Waals surface area contributed by atoms with E-state index in [1.807, 2.05) is 0 Å². The van der Waals surface area contributed by atoms with Gasteiger partial charge in [-0.2, -0.15) is 0 Å². The van der Waals surface area contributed by atoms with Crippen molar-refractivity contribution in [2.24, 2.45) is 5.73 Å². The van der Waals surface area contributed by atoms with Crippen LogP contribution in [0.2, 0.25) is 0 Å². The van der Waals surface area contributed by atoms with Gasteiger partial charge in [0.15, 0.2) is 0 Å². The molecule has 1 unspecified atom stereocenters. The van der Waals surface area contributed by atoms with E-state index in [1.54, 1.807) is 6.07 Å². The number of carboxylic acid groups (broad SMARTS) is 1. The summed E-state index contributed by atoms with van der Waals surface area (Å²) in [6, 6.07) is 3.51. The largest absolute Gasteiger partial charge is 0.480 e. The molecule has 1 atom stereocenters. The number of carbonyl (C=O) groups excluding carboxylic acids is 4. The number of likely N-dealkylation sites (tertiary alicyclic amines) is 1. The van der Waals surface area contributed by atoms with Crippen LogP contribution in [0.5, 0.6) is 0 Å². The lowest BCUT2D eigenvalue weighted by molar-refractivity contribution is -0.152. The molecule has 11 nitrogen and oxygen atoms in total. The number of amides is 4. The molecule has 1 saturated heterocycles. The van der Waals surface area contributed by atoms with Crippen molar-refractivity contribution in [1.82, 2.24) is 9.80 Å². The van der Waals surface area contributed by atoms with Gasteiger partial charge in [0.25, 0.3) is 17.7 Å². The van der Waals surface area contributed by atoms with Crippen LogP contribution in [-0.2, 0) is 14.4 Å². The summed E-state index contributed by atoms with van der Waals surface area (Å²) < 4.78 is 0. The fourth-order valence-electron chi connectivity index (χ4n) is 3.01. The van der Waals surface area contributed by atoms with Crippen molar-refractivity contribution in [2.45, 2.75) is 18.9 Å². The number of rotatable bonds is 4. The Hall–Kier alpha value is -3.31. The maximum Gasteiger partial charge on any atom is 0.317 e. The molecule has 0 bridgehead atoms. The first-order valence-corrected chi connectivity index (χ1v) is 8.37. The Labute approximate surface area is 159 Å². The summed E-state index contributed by atoms with van der Waals surface area (Å²) in [5, 5.41) is 16.6. The maximum absolute atomic E-state index is 12.5. The zero-order chi connectivity index (χ0) is 21.0. The number of aliphatic hydroxyl groups is 1. The number of aliphatic carboxylic acids is 1. The van der Waals surface area contributed by atoms with E-state index >= 15 is 0 Å². The predicted molar refractivity (Wildman–Crippen MR) is 94.9 cm³/mol. The van der Waals surface area contributed by atoms with Gasteiger partial charge in [0, 0.05) is 12.1 Å². The Kier molecular flexibility index (Phi) is 6.44. The summed E-state index contributed by atoms with van der Waals surface area (Å²) >= 11 is 0. The first kappa shape index (κ1) is 21.0. The molecule has 3 rings (SSSR count). The van der Waals surface area contributed by atoms with Crippen LogP contribution in [0.1, 0.15) is 33.6 Å². The zero-order valence-corrected chi connectivity index (χ0v) is 14.8. The van der Waals surface area contributed by atoms with Crippen LogP contribution in [0.25, 0.3) is 0 Å². The number of hydrogen-bond acceptors (Lipinski definition) is 8. The van der Waals surface area contributed by atoms with Gasteiger partial charge in [0.05, 0.1) is 30.8 Å². The number of β-amino-alcohol motifs (C(OH)–C–C–N with tert-alkyl or cyclic N) is 1. The van der Waals surface area contributed by atoms with E-state index in [-0.39, 0.29) is 49.4 Å². The second-order valence-corrected chi connectivity index (χ2v) is 6.01. The van der Waals surface area contributed by atoms with Crippen molar-refractivity contribution in [2.75, 3.05) is 25.4 Å².